The van der Waals surface area contributed by atoms with Gasteiger partial charge in [0, 0.05) is 0 Å². The minimum atomic E-state index is 1.30. The molecule has 0 bridgehead atoms. The lowest BCUT2D eigenvalue weighted by Gasteiger charge is -2.03. The molecule has 0 nitrogen and oxygen atoms in total. The summed E-state index contributed by atoms with van der Waals surface area (Å²) >= 11 is 0. The van der Waals surface area contributed by atoms with Gasteiger partial charge in [-0.05, 0) is 25.7 Å². The standard InChI is InChI=1S/C25H50/c1-3-5-7-9-11-13-15-17-19-21-23-25-24-22-20-18-16-14-12-10-8-6-4-2/h11,13H,3-10,12,14-25H2,1-2H3/b13-11-. The maximum Gasteiger partial charge on any atom is -0.0351 e. The van der Waals surface area contributed by atoms with Gasteiger partial charge in [-0.15, -0.1) is 0 Å². The van der Waals surface area contributed by atoms with E-state index in [0.717, 1.165) is 0 Å². The Morgan fingerprint density at radius 3 is 0.920 bits per heavy atom. The highest BCUT2D eigenvalue weighted by Crippen LogP contribution is 2.14. The first kappa shape index (κ1) is 24.7. The van der Waals surface area contributed by atoms with Gasteiger partial charge in [0.1, 0.15) is 0 Å². The van der Waals surface area contributed by atoms with Crippen LogP contribution < -0.4 is 0 Å². The summed E-state index contributed by atoms with van der Waals surface area (Å²) in [6.45, 7) is 4.58. The number of hydrogen-bond donors (Lipinski definition) is 0. The Labute approximate surface area is 161 Å². The summed E-state index contributed by atoms with van der Waals surface area (Å²) in [6, 6.07) is 0. The lowest BCUT2D eigenvalue weighted by atomic mass is 10.0. The van der Waals surface area contributed by atoms with Gasteiger partial charge in [-0.1, -0.05) is 135 Å². The van der Waals surface area contributed by atoms with Crippen LogP contribution in [-0.4, -0.2) is 0 Å². The third kappa shape index (κ3) is 23.7. The van der Waals surface area contributed by atoms with Crippen molar-refractivity contribution in [3.63, 3.8) is 0 Å². The molecule has 150 valence electrons. The van der Waals surface area contributed by atoms with E-state index in [2.05, 4.69) is 26.0 Å². The van der Waals surface area contributed by atoms with Crippen LogP contribution >= 0.6 is 0 Å². The second-order valence-corrected chi connectivity index (χ2v) is 8.06. The minimum Gasteiger partial charge on any atom is -0.0885 e. The number of unbranched alkanes of at least 4 members (excludes halogenated alkanes) is 19. The molecule has 0 aromatic heterocycles. The molecular weight excluding hydrogens is 300 g/mol. The van der Waals surface area contributed by atoms with Crippen LogP contribution in [0.15, 0.2) is 12.2 Å². The van der Waals surface area contributed by atoms with Crippen molar-refractivity contribution in [2.45, 2.75) is 149 Å². The summed E-state index contributed by atoms with van der Waals surface area (Å²) in [5.41, 5.74) is 0. The van der Waals surface area contributed by atoms with Crippen molar-refractivity contribution in [2.75, 3.05) is 0 Å². The van der Waals surface area contributed by atoms with Crippen LogP contribution in [0.25, 0.3) is 0 Å². The summed E-state index contributed by atoms with van der Waals surface area (Å²) in [7, 11) is 0. The summed E-state index contributed by atoms with van der Waals surface area (Å²) in [5.74, 6) is 0. The molecule has 0 N–H and O–H groups in total. The number of rotatable bonds is 21. The number of hydrogen-bond acceptors (Lipinski definition) is 0. The third-order valence-corrected chi connectivity index (χ3v) is 5.37. The lowest BCUT2D eigenvalue weighted by molar-refractivity contribution is 0.530. The van der Waals surface area contributed by atoms with Gasteiger partial charge in [-0.3, -0.25) is 0 Å². The van der Waals surface area contributed by atoms with Crippen LogP contribution in [0.5, 0.6) is 0 Å². The van der Waals surface area contributed by atoms with E-state index >= 15 is 0 Å². The Hall–Kier alpha value is -0.260. The van der Waals surface area contributed by atoms with E-state index in [0.29, 0.717) is 0 Å². The third-order valence-electron chi connectivity index (χ3n) is 5.37. The van der Waals surface area contributed by atoms with Crippen molar-refractivity contribution in [2.24, 2.45) is 0 Å². The fourth-order valence-electron chi connectivity index (χ4n) is 3.56. The quantitative estimate of drug-likeness (QED) is 0.143. The molecule has 0 spiro atoms. The van der Waals surface area contributed by atoms with Gasteiger partial charge in [-0.2, -0.15) is 0 Å². The molecule has 0 aliphatic carbocycles. The van der Waals surface area contributed by atoms with Gasteiger partial charge >= 0.3 is 0 Å². The lowest BCUT2D eigenvalue weighted by Crippen LogP contribution is -1.83. The Kier molecular flexibility index (Phi) is 23.5. The van der Waals surface area contributed by atoms with Crippen LogP contribution in [0.4, 0.5) is 0 Å². The normalized spacial score (nSPS) is 11.6. The monoisotopic (exact) mass is 350 g/mol. The Morgan fingerprint density at radius 2 is 0.560 bits per heavy atom. The average Bonchev–Trinajstić information content (AvgIpc) is 2.63. The molecule has 0 fully saturated rings. The zero-order valence-corrected chi connectivity index (χ0v) is 18.0. The first-order valence-corrected chi connectivity index (χ1v) is 12.1. The van der Waals surface area contributed by atoms with Crippen LogP contribution in [0.1, 0.15) is 149 Å². The van der Waals surface area contributed by atoms with Gasteiger partial charge in [0.15, 0.2) is 0 Å². The molecule has 0 unspecified atom stereocenters. The molecular formula is C25H50. The van der Waals surface area contributed by atoms with Crippen molar-refractivity contribution in [1.82, 2.24) is 0 Å². The van der Waals surface area contributed by atoms with E-state index in [1.54, 1.807) is 0 Å². The zero-order chi connectivity index (χ0) is 18.3. The molecule has 0 aliphatic heterocycles. The summed E-state index contributed by atoms with van der Waals surface area (Å²) in [6.07, 6.45) is 34.9. The van der Waals surface area contributed by atoms with E-state index in [4.69, 9.17) is 0 Å². The fraction of sp³-hybridized carbons (Fsp3) is 0.920. The molecule has 0 saturated carbocycles. The molecule has 0 heterocycles. The highest BCUT2D eigenvalue weighted by Gasteiger charge is 1.94. The smallest absolute Gasteiger partial charge is 0.0351 e. The molecule has 0 rings (SSSR count). The summed E-state index contributed by atoms with van der Waals surface area (Å²) < 4.78 is 0. The minimum absolute atomic E-state index is 1.30. The maximum atomic E-state index is 2.42. The van der Waals surface area contributed by atoms with Crippen LogP contribution in [-0.2, 0) is 0 Å². The first-order chi connectivity index (χ1) is 12.4. The van der Waals surface area contributed by atoms with Crippen molar-refractivity contribution in [3.8, 4) is 0 Å². The van der Waals surface area contributed by atoms with Crippen molar-refractivity contribution >= 4 is 0 Å². The highest BCUT2D eigenvalue weighted by atomic mass is 14.0. The van der Waals surface area contributed by atoms with E-state index in [9.17, 15) is 0 Å². The summed E-state index contributed by atoms with van der Waals surface area (Å²) in [4.78, 5) is 0. The van der Waals surface area contributed by atoms with E-state index in [1.165, 1.54) is 135 Å². The molecule has 0 atom stereocenters. The summed E-state index contributed by atoms with van der Waals surface area (Å²) in [5, 5.41) is 0. The topological polar surface area (TPSA) is 0 Å². The molecule has 0 aliphatic rings. The van der Waals surface area contributed by atoms with Gasteiger partial charge in [0.25, 0.3) is 0 Å². The van der Waals surface area contributed by atoms with Crippen molar-refractivity contribution < 1.29 is 0 Å². The molecule has 0 saturated heterocycles. The van der Waals surface area contributed by atoms with Crippen LogP contribution in [0.3, 0.4) is 0 Å². The zero-order valence-electron chi connectivity index (χ0n) is 18.0. The Morgan fingerprint density at radius 1 is 0.320 bits per heavy atom. The fourth-order valence-corrected chi connectivity index (χ4v) is 3.56. The second kappa shape index (κ2) is 23.7. The number of allylic oxidation sites excluding steroid dienone is 2. The van der Waals surface area contributed by atoms with E-state index < -0.39 is 0 Å². The molecule has 0 radical (unpaired) electrons. The average molecular weight is 351 g/mol. The Bertz CT molecular complexity index is 240. The highest BCUT2D eigenvalue weighted by molar-refractivity contribution is 4.81. The molecule has 0 heteroatoms. The second-order valence-electron chi connectivity index (χ2n) is 8.06. The van der Waals surface area contributed by atoms with Crippen molar-refractivity contribution in [1.29, 1.82) is 0 Å². The van der Waals surface area contributed by atoms with Gasteiger partial charge in [0.05, 0.1) is 0 Å². The molecule has 25 heavy (non-hydrogen) atoms. The molecule has 0 amide bonds. The van der Waals surface area contributed by atoms with Gasteiger partial charge < -0.3 is 0 Å². The van der Waals surface area contributed by atoms with Gasteiger partial charge in [0.2, 0.25) is 0 Å². The van der Waals surface area contributed by atoms with Crippen molar-refractivity contribution in [3.05, 3.63) is 12.2 Å². The molecule has 0 aromatic rings. The predicted molar refractivity (Wildman–Crippen MR) is 117 cm³/mol. The van der Waals surface area contributed by atoms with Crippen LogP contribution in [0, 0.1) is 0 Å². The van der Waals surface area contributed by atoms with Crippen LogP contribution in [0.2, 0.25) is 0 Å². The maximum absolute atomic E-state index is 2.42. The SMILES string of the molecule is CCCCC/C=C\CCCCCCCCCCCCCCCCCC. The molecule has 0 aromatic carbocycles. The van der Waals surface area contributed by atoms with E-state index in [-0.39, 0.29) is 0 Å². The Balaban J connectivity index is 3.00. The van der Waals surface area contributed by atoms with E-state index in [1.807, 2.05) is 0 Å². The van der Waals surface area contributed by atoms with Gasteiger partial charge in [-0.25, -0.2) is 0 Å². The predicted octanol–water partition coefficient (Wildman–Crippen LogP) is 9.77. The largest absolute Gasteiger partial charge is 0.0885 e. The first-order valence-electron chi connectivity index (χ1n) is 12.1.